The van der Waals surface area contributed by atoms with Crippen molar-refractivity contribution in [3.63, 3.8) is 0 Å². The van der Waals surface area contributed by atoms with Crippen LogP contribution in [0.1, 0.15) is 49.9 Å². The van der Waals surface area contributed by atoms with Crippen molar-refractivity contribution in [3.05, 3.63) is 59.9 Å². The average Bonchev–Trinajstić information content (AvgIpc) is 2.70. The summed E-state index contributed by atoms with van der Waals surface area (Å²) in [5.74, 6) is -0.802. The molecule has 0 radical (unpaired) electrons. The third-order valence-electron chi connectivity index (χ3n) is 4.12. The Balaban J connectivity index is 1.80. The predicted octanol–water partition coefficient (Wildman–Crippen LogP) is 4.97. The SMILES string of the molecule is CCCCCCOc1ccc(C(=O)OC(C)C(=O)Nc2ccc(F)cc2)cc1. The summed E-state index contributed by atoms with van der Waals surface area (Å²) in [6.07, 6.45) is 3.52. The lowest BCUT2D eigenvalue weighted by molar-refractivity contribution is -0.123. The minimum atomic E-state index is -0.993. The van der Waals surface area contributed by atoms with E-state index in [4.69, 9.17) is 9.47 Å². The number of carbonyl (C=O) groups excluding carboxylic acids is 2. The number of rotatable bonds is 10. The Labute approximate surface area is 164 Å². The molecule has 5 nitrogen and oxygen atoms in total. The van der Waals surface area contributed by atoms with Gasteiger partial charge in [-0.1, -0.05) is 26.2 Å². The van der Waals surface area contributed by atoms with Gasteiger partial charge in [-0.25, -0.2) is 9.18 Å². The average molecular weight is 387 g/mol. The van der Waals surface area contributed by atoms with Gasteiger partial charge < -0.3 is 14.8 Å². The molecule has 0 fully saturated rings. The van der Waals surface area contributed by atoms with Gasteiger partial charge in [0.15, 0.2) is 6.10 Å². The molecule has 0 aromatic heterocycles. The van der Waals surface area contributed by atoms with Gasteiger partial charge >= 0.3 is 5.97 Å². The highest BCUT2D eigenvalue weighted by molar-refractivity contribution is 5.97. The highest BCUT2D eigenvalue weighted by Crippen LogP contribution is 2.15. The number of anilines is 1. The van der Waals surface area contributed by atoms with Gasteiger partial charge in [0.2, 0.25) is 0 Å². The first-order valence-corrected chi connectivity index (χ1v) is 9.50. The van der Waals surface area contributed by atoms with Crippen molar-refractivity contribution < 1.29 is 23.5 Å². The molecule has 0 heterocycles. The standard InChI is InChI=1S/C22H26FNO4/c1-3-4-5-6-15-27-20-13-7-17(8-14-20)22(26)28-16(2)21(25)24-19-11-9-18(23)10-12-19/h7-14,16H,3-6,15H2,1-2H3,(H,24,25). The number of hydrogen-bond acceptors (Lipinski definition) is 4. The predicted molar refractivity (Wildman–Crippen MR) is 106 cm³/mol. The zero-order valence-electron chi connectivity index (χ0n) is 16.2. The number of esters is 1. The third-order valence-corrected chi connectivity index (χ3v) is 4.12. The van der Waals surface area contributed by atoms with Gasteiger partial charge in [-0.05, 0) is 61.9 Å². The van der Waals surface area contributed by atoms with E-state index in [1.165, 1.54) is 44.0 Å². The zero-order valence-corrected chi connectivity index (χ0v) is 16.2. The first-order valence-electron chi connectivity index (χ1n) is 9.50. The maximum atomic E-state index is 12.9. The highest BCUT2D eigenvalue weighted by Gasteiger charge is 2.19. The fourth-order valence-corrected chi connectivity index (χ4v) is 2.47. The molecule has 150 valence electrons. The number of hydrogen-bond donors (Lipinski definition) is 1. The van der Waals surface area contributed by atoms with Crippen LogP contribution in [-0.2, 0) is 9.53 Å². The van der Waals surface area contributed by atoms with Crippen molar-refractivity contribution >= 4 is 17.6 Å². The van der Waals surface area contributed by atoms with Crippen molar-refractivity contribution in [2.75, 3.05) is 11.9 Å². The second-order valence-electron chi connectivity index (χ2n) is 6.48. The zero-order chi connectivity index (χ0) is 20.4. The summed E-state index contributed by atoms with van der Waals surface area (Å²) < 4.78 is 23.7. The van der Waals surface area contributed by atoms with Crippen LogP contribution in [0.2, 0.25) is 0 Å². The minimum absolute atomic E-state index is 0.333. The number of carbonyl (C=O) groups is 2. The molecule has 0 aliphatic rings. The molecule has 1 unspecified atom stereocenters. The summed E-state index contributed by atoms with van der Waals surface area (Å²) in [6, 6.07) is 12.0. The molecule has 1 N–H and O–H groups in total. The fraction of sp³-hybridized carbons (Fsp3) is 0.364. The van der Waals surface area contributed by atoms with Crippen LogP contribution in [0.15, 0.2) is 48.5 Å². The Hall–Kier alpha value is -2.89. The smallest absolute Gasteiger partial charge is 0.338 e. The number of benzene rings is 2. The van der Waals surface area contributed by atoms with Gasteiger partial charge in [0.25, 0.3) is 5.91 Å². The molecular weight excluding hydrogens is 361 g/mol. The molecule has 1 atom stereocenters. The summed E-state index contributed by atoms with van der Waals surface area (Å²) >= 11 is 0. The molecule has 0 aliphatic carbocycles. The molecule has 0 spiro atoms. The summed E-state index contributed by atoms with van der Waals surface area (Å²) in [6.45, 7) is 4.28. The van der Waals surface area contributed by atoms with E-state index in [2.05, 4.69) is 12.2 Å². The summed E-state index contributed by atoms with van der Waals surface area (Å²) in [5, 5.41) is 2.57. The highest BCUT2D eigenvalue weighted by atomic mass is 19.1. The number of amides is 1. The van der Waals surface area contributed by atoms with Gasteiger partial charge in [-0.15, -0.1) is 0 Å². The molecular formula is C22H26FNO4. The quantitative estimate of drug-likeness (QED) is 0.462. The van der Waals surface area contributed by atoms with Gasteiger partial charge in [-0.2, -0.15) is 0 Å². The van der Waals surface area contributed by atoms with E-state index in [-0.39, 0.29) is 0 Å². The minimum Gasteiger partial charge on any atom is -0.494 e. The van der Waals surface area contributed by atoms with Crippen LogP contribution < -0.4 is 10.1 Å². The second-order valence-corrected chi connectivity index (χ2v) is 6.48. The monoisotopic (exact) mass is 387 g/mol. The number of ether oxygens (including phenoxy) is 2. The van der Waals surface area contributed by atoms with Crippen molar-refractivity contribution in [1.82, 2.24) is 0 Å². The van der Waals surface area contributed by atoms with Crippen LogP contribution in [0.5, 0.6) is 5.75 Å². The molecule has 0 aliphatic heterocycles. The number of nitrogens with one attached hydrogen (secondary N) is 1. The third kappa shape index (κ3) is 7.02. The van der Waals surface area contributed by atoms with E-state index in [0.29, 0.717) is 23.6 Å². The van der Waals surface area contributed by atoms with E-state index in [1.807, 2.05) is 0 Å². The molecule has 2 rings (SSSR count). The van der Waals surface area contributed by atoms with Crippen molar-refractivity contribution in [3.8, 4) is 5.75 Å². The first-order chi connectivity index (χ1) is 13.5. The molecule has 28 heavy (non-hydrogen) atoms. The van der Waals surface area contributed by atoms with Gasteiger partial charge in [0.1, 0.15) is 11.6 Å². The van der Waals surface area contributed by atoms with Crippen molar-refractivity contribution in [2.24, 2.45) is 0 Å². The number of halogens is 1. The summed E-state index contributed by atoms with van der Waals surface area (Å²) in [7, 11) is 0. The van der Waals surface area contributed by atoms with Crippen LogP contribution in [0.25, 0.3) is 0 Å². The molecule has 2 aromatic carbocycles. The Bertz CT molecular complexity index is 759. The normalized spacial score (nSPS) is 11.5. The van der Waals surface area contributed by atoms with E-state index >= 15 is 0 Å². The topological polar surface area (TPSA) is 64.6 Å². The van der Waals surface area contributed by atoms with E-state index in [9.17, 15) is 14.0 Å². The maximum absolute atomic E-state index is 12.9. The molecule has 0 saturated carbocycles. The van der Waals surface area contributed by atoms with Gasteiger partial charge in [0, 0.05) is 5.69 Å². The lowest BCUT2D eigenvalue weighted by atomic mass is 10.2. The van der Waals surface area contributed by atoms with Gasteiger partial charge in [0.05, 0.1) is 12.2 Å². The first kappa shape index (κ1) is 21.4. The van der Waals surface area contributed by atoms with Crippen LogP contribution in [0, 0.1) is 5.82 Å². The number of unbranched alkanes of at least 4 members (excludes halogenated alkanes) is 3. The summed E-state index contributed by atoms with van der Waals surface area (Å²) in [5.41, 5.74) is 0.759. The molecule has 1 amide bonds. The molecule has 6 heteroatoms. The Morgan fingerprint density at radius 3 is 2.32 bits per heavy atom. The van der Waals surface area contributed by atoms with Gasteiger partial charge in [-0.3, -0.25) is 4.79 Å². The summed E-state index contributed by atoms with van der Waals surface area (Å²) in [4.78, 5) is 24.3. The Morgan fingerprint density at radius 2 is 1.68 bits per heavy atom. The van der Waals surface area contributed by atoms with E-state index in [1.54, 1.807) is 24.3 Å². The molecule has 0 bridgehead atoms. The van der Waals surface area contributed by atoms with E-state index < -0.39 is 23.8 Å². The van der Waals surface area contributed by atoms with Crippen LogP contribution in [0.4, 0.5) is 10.1 Å². The molecule has 2 aromatic rings. The molecule has 0 saturated heterocycles. The largest absolute Gasteiger partial charge is 0.494 e. The Kier molecular flexibility index (Phi) is 8.46. The maximum Gasteiger partial charge on any atom is 0.338 e. The van der Waals surface area contributed by atoms with Crippen LogP contribution >= 0.6 is 0 Å². The van der Waals surface area contributed by atoms with Crippen LogP contribution in [-0.4, -0.2) is 24.6 Å². The van der Waals surface area contributed by atoms with Crippen molar-refractivity contribution in [2.45, 2.75) is 45.6 Å². The van der Waals surface area contributed by atoms with Crippen molar-refractivity contribution in [1.29, 1.82) is 0 Å². The fourth-order valence-electron chi connectivity index (χ4n) is 2.47. The lowest BCUT2D eigenvalue weighted by Gasteiger charge is -2.14. The van der Waals surface area contributed by atoms with Crippen LogP contribution in [0.3, 0.4) is 0 Å². The second kappa shape index (κ2) is 11.1. The lowest BCUT2D eigenvalue weighted by Crippen LogP contribution is -2.30. The Morgan fingerprint density at radius 1 is 1.00 bits per heavy atom. The van der Waals surface area contributed by atoms with E-state index in [0.717, 1.165) is 12.8 Å².